The van der Waals surface area contributed by atoms with Gasteiger partial charge in [-0.15, -0.1) is 0 Å². The average Bonchev–Trinajstić information content (AvgIpc) is 2.66. The number of hydrogen-bond acceptors (Lipinski definition) is 4. The quantitative estimate of drug-likeness (QED) is 0.862. The summed E-state index contributed by atoms with van der Waals surface area (Å²) in [7, 11) is 3.33. The Balaban J connectivity index is 2.19. The summed E-state index contributed by atoms with van der Waals surface area (Å²) in [5.41, 5.74) is 1.20. The number of hydrogen-bond donors (Lipinski definition) is 1. The number of methoxy groups -OCH3 is 2. The molecule has 0 saturated carbocycles. The molecule has 4 nitrogen and oxygen atoms in total. The van der Waals surface area contributed by atoms with E-state index in [2.05, 4.69) is 16.3 Å². The Morgan fingerprint density at radius 2 is 1.88 bits per heavy atom. The summed E-state index contributed by atoms with van der Waals surface area (Å²) in [6, 6.07) is 6.10. The third-order valence-electron chi connectivity index (χ3n) is 3.07. The molecule has 0 bridgehead atoms. The summed E-state index contributed by atoms with van der Waals surface area (Å²) < 4.78 is 10.6. The maximum Gasteiger partial charge on any atom is 0.162 e. The van der Waals surface area contributed by atoms with Gasteiger partial charge >= 0.3 is 0 Å². The van der Waals surface area contributed by atoms with Gasteiger partial charge in [0.1, 0.15) is 0 Å². The van der Waals surface area contributed by atoms with Crippen LogP contribution >= 0.6 is 0 Å². The summed E-state index contributed by atoms with van der Waals surface area (Å²) in [5.74, 6) is 1.58. The van der Waals surface area contributed by atoms with Gasteiger partial charge in [-0.05, 0) is 25.1 Å². The fourth-order valence-corrected chi connectivity index (χ4v) is 2.13. The van der Waals surface area contributed by atoms with Crippen LogP contribution in [-0.4, -0.2) is 40.4 Å². The first kappa shape index (κ1) is 12.0. The van der Waals surface area contributed by atoms with Crippen LogP contribution in [0.3, 0.4) is 0 Å². The Kier molecular flexibility index (Phi) is 4.09. The Morgan fingerprint density at radius 1 is 1.06 bits per heavy atom. The Morgan fingerprint density at radius 3 is 2.65 bits per heavy atom. The van der Waals surface area contributed by atoms with Crippen molar-refractivity contribution in [2.75, 3.05) is 45.3 Å². The van der Waals surface area contributed by atoms with Gasteiger partial charge in [0.25, 0.3) is 0 Å². The summed E-state index contributed by atoms with van der Waals surface area (Å²) in [5, 5.41) is 3.40. The van der Waals surface area contributed by atoms with E-state index in [9.17, 15) is 0 Å². The summed E-state index contributed by atoms with van der Waals surface area (Å²) in [6.45, 7) is 4.26. The minimum Gasteiger partial charge on any atom is -0.493 e. The van der Waals surface area contributed by atoms with E-state index in [1.165, 1.54) is 12.1 Å². The lowest BCUT2D eigenvalue weighted by Crippen LogP contribution is -2.27. The van der Waals surface area contributed by atoms with Crippen molar-refractivity contribution in [2.45, 2.75) is 6.42 Å². The van der Waals surface area contributed by atoms with Crippen LogP contribution in [-0.2, 0) is 0 Å². The zero-order chi connectivity index (χ0) is 12.1. The topological polar surface area (TPSA) is 33.7 Å². The SMILES string of the molecule is COc1ccc(N2CCCNCC2)cc1OC. The van der Waals surface area contributed by atoms with Crippen LogP contribution in [0.4, 0.5) is 5.69 Å². The van der Waals surface area contributed by atoms with E-state index in [1.54, 1.807) is 14.2 Å². The number of anilines is 1. The molecular weight excluding hydrogens is 216 g/mol. The predicted octanol–water partition coefficient (Wildman–Crippen LogP) is 1.50. The molecule has 0 spiro atoms. The first-order valence-electron chi connectivity index (χ1n) is 6.03. The first-order chi connectivity index (χ1) is 8.35. The Hall–Kier alpha value is -1.42. The number of nitrogens with zero attached hydrogens (tertiary/aromatic N) is 1. The Bertz CT molecular complexity index is 360. The van der Waals surface area contributed by atoms with Crippen molar-refractivity contribution in [3.63, 3.8) is 0 Å². The van der Waals surface area contributed by atoms with Crippen molar-refractivity contribution >= 4 is 5.69 Å². The number of rotatable bonds is 3. The van der Waals surface area contributed by atoms with E-state index in [0.29, 0.717) is 0 Å². The molecule has 17 heavy (non-hydrogen) atoms. The summed E-state index contributed by atoms with van der Waals surface area (Å²) >= 11 is 0. The second-order valence-corrected chi connectivity index (χ2v) is 4.13. The second kappa shape index (κ2) is 5.77. The van der Waals surface area contributed by atoms with Crippen LogP contribution in [0.1, 0.15) is 6.42 Å². The highest BCUT2D eigenvalue weighted by atomic mass is 16.5. The highest BCUT2D eigenvalue weighted by molar-refractivity contribution is 5.56. The molecule has 1 heterocycles. The highest BCUT2D eigenvalue weighted by Crippen LogP contribution is 2.31. The minimum absolute atomic E-state index is 0.782. The molecule has 1 saturated heterocycles. The molecule has 1 aliphatic heterocycles. The van der Waals surface area contributed by atoms with Gasteiger partial charge < -0.3 is 19.7 Å². The van der Waals surface area contributed by atoms with Crippen molar-refractivity contribution in [3.8, 4) is 11.5 Å². The standard InChI is InChI=1S/C13H20N2O2/c1-16-12-5-4-11(10-13(12)17-2)15-8-3-6-14-7-9-15/h4-5,10,14H,3,6-9H2,1-2H3. The van der Waals surface area contributed by atoms with E-state index in [1.807, 2.05) is 12.1 Å². The lowest BCUT2D eigenvalue weighted by Gasteiger charge is -2.23. The molecule has 0 atom stereocenters. The molecule has 1 aliphatic rings. The van der Waals surface area contributed by atoms with Crippen molar-refractivity contribution in [3.05, 3.63) is 18.2 Å². The number of nitrogens with one attached hydrogen (secondary N) is 1. The second-order valence-electron chi connectivity index (χ2n) is 4.13. The smallest absolute Gasteiger partial charge is 0.162 e. The van der Waals surface area contributed by atoms with Crippen molar-refractivity contribution in [2.24, 2.45) is 0 Å². The van der Waals surface area contributed by atoms with E-state index in [-0.39, 0.29) is 0 Å². The van der Waals surface area contributed by atoms with Crippen LogP contribution in [0.25, 0.3) is 0 Å². The molecule has 0 aliphatic carbocycles. The van der Waals surface area contributed by atoms with Gasteiger partial charge in [0, 0.05) is 31.4 Å². The van der Waals surface area contributed by atoms with E-state index in [0.717, 1.165) is 37.7 Å². The molecular formula is C13H20N2O2. The van der Waals surface area contributed by atoms with Crippen LogP contribution < -0.4 is 19.7 Å². The molecule has 4 heteroatoms. The average molecular weight is 236 g/mol. The van der Waals surface area contributed by atoms with Gasteiger partial charge in [0.05, 0.1) is 14.2 Å². The van der Waals surface area contributed by atoms with Gasteiger partial charge in [-0.2, -0.15) is 0 Å². The summed E-state index contributed by atoms with van der Waals surface area (Å²) in [4.78, 5) is 2.38. The van der Waals surface area contributed by atoms with Gasteiger partial charge in [0.2, 0.25) is 0 Å². The number of ether oxygens (including phenoxy) is 2. The van der Waals surface area contributed by atoms with Crippen LogP contribution in [0.15, 0.2) is 18.2 Å². The molecule has 2 rings (SSSR count). The molecule has 0 radical (unpaired) electrons. The van der Waals surface area contributed by atoms with Gasteiger partial charge in [0.15, 0.2) is 11.5 Å². The molecule has 1 aromatic carbocycles. The normalized spacial score (nSPS) is 16.5. The number of benzene rings is 1. The first-order valence-corrected chi connectivity index (χ1v) is 6.03. The van der Waals surface area contributed by atoms with Gasteiger partial charge in [-0.3, -0.25) is 0 Å². The maximum absolute atomic E-state index is 5.33. The predicted molar refractivity (Wildman–Crippen MR) is 69.2 cm³/mol. The van der Waals surface area contributed by atoms with Crippen LogP contribution in [0, 0.1) is 0 Å². The largest absolute Gasteiger partial charge is 0.493 e. The van der Waals surface area contributed by atoms with E-state index >= 15 is 0 Å². The molecule has 0 unspecified atom stereocenters. The van der Waals surface area contributed by atoms with E-state index < -0.39 is 0 Å². The molecule has 0 amide bonds. The molecule has 1 fully saturated rings. The molecule has 94 valence electrons. The van der Waals surface area contributed by atoms with Crippen molar-refractivity contribution in [1.29, 1.82) is 0 Å². The van der Waals surface area contributed by atoms with E-state index in [4.69, 9.17) is 9.47 Å². The van der Waals surface area contributed by atoms with Crippen LogP contribution in [0.2, 0.25) is 0 Å². The fourth-order valence-electron chi connectivity index (χ4n) is 2.13. The van der Waals surface area contributed by atoms with Gasteiger partial charge in [-0.25, -0.2) is 0 Å². The summed E-state index contributed by atoms with van der Waals surface area (Å²) in [6.07, 6.45) is 1.17. The molecule has 1 N–H and O–H groups in total. The monoisotopic (exact) mass is 236 g/mol. The molecule has 0 aromatic heterocycles. The van der Waals surface area contributed by atoms with Gasteiger partial charge in [-0.1, -0.05) is 0 Å². The third kappa shape index (κ3) is 2.82. The lowest BCUT2D eigenvalue weighted by molar-refractivity contribution is 0.355. The maximum atomic E-state index is 5.33. The highest BCUT2D eigenvalue weighted by Gasteiger charge is 2.12. The van der Waals surface area contributed by atoms with Crippen molar-refractivity contribution in [1.82, 2.24) is 5.32 Å². The third-order valence-corrected chi connectivity index (χ3v) is 3.07. The lowest BCUT2D eigenvalue weighted by atomic mass is 10.2. The van der Waals surface area contributed by atoms with Crippen molar-refractivity contribution < 1.29 is 9.47 Å². The fraction of sp³-hybridized carbons (Fsp3) is 0.538. The Labute approximate surface area is 103 Å². The zero-order valence-electron chi connectivity index (χ0n) is 10.5. The van der Waals surface area contributed by atoms with Crippen LogP contribution in [0.5, 0.6) is 11.5 Å². The molecule has 1 aromatic rings. The minimum atomic E-state index is 0.782. The zero-order valence-corrected chi connectivity index (χ0v) is 10.5.